The van der Waals surface area contributed by atoms with Gasteiger partial charge in [-0.3, -0.25) is 18.9 Å². The number of likely N-dealkylation sites (tertiary alicyclic amines) is 1. The van der Waals surface area contributed by atoms with Crippen LogP contribution in [0.25, 0.3) is 5.52 Å². The van der Waals surface area contributed by atoms with E-state index in [0.29, 0.717) is 23.8 Å². The molecule has 7 heteroatoms. The third kappa shape index (κ3) is 3.64. The van der Waals surface area contributed by atoms with Crippen molar-refractivity contribution < 1.29 is 4.79 Å². The van der Waals surface area contributed by atoms with Gasteiger partial charge in [-0.2, -0.15) is 0 Å². The Kier molecular flexibility index (Phi) is 4.77. The van der Waals surface area contributed by atoms with Crippen LogP contribution >= 0.6 is 0 Å². The first-order valence-corrected chi connectivity index (χ1v) is 9.23. The summed E-state index contributed by atoms with van der Waals surface area (Å²) >= 11 is 0. The first-order valence-electron chi connectivity index (χ1n) is 9.23. The second kappa shape index (κ2) is 7.36. The van der Waals surface area contributed by atoms with Crippen LogP contribution < -0.4 is 10.9 Å². The summed E-state index contributed by atoms with van der Waals surface area (Å²) < 4.78 is 1.52. The van der Waals surface area contributed by atoms with Crippen molar-refractivity contribution in [2.24, 2.45) is 0 Å². The summed E-state index contributed by atoms with van der Waals surface area (Å²) in [5.41, 5.74) is 3.05. The van der Waals surface area contributed by atoms with Crippen LogP contribution in [0.1, 0.15) is 34.5 Å². The highest BCUT2D eigenvalue weighted by Gasteiger charge is 2.25. The number of carbonyl (C=O) groups is 1. The number of hydrogen-bond donors (Lipinski definition) is 2. The summed E-state index contributed by atoms with van der Waals surface area (Å²) in [4.78, 5) is 33.4. The molecule has 0 saturated carbocycles. The van der Waals surface area contributed by atoms with Crippen molar-refractivity contribution in [1.29, 1.82) is 0 Å². The number of benzene rings is 1. The Morgan fingerprint density at radius 1 is 1.41 bits per heavy atom. The van der Waals surface area contributed by atoms with Crippen molar-refractivity contribution in [1.82, 2.24) is 24.6 Å². The van der Waals surface area contributed by atoms with Crippen LogP contribution in [0.5, 0.6) is 0 Å². The van der Waals surface area contributed by atoms with Crippen molar-refractivity contribution in [3.63, 3.8) is 0 Å². The number of rotatable bonds is 5. The van der Waals surface area contributed by atoms with Crippen molar-refractivity contribution in [3.8, 4) is 0 Å². The van der Waals surface area contributed by atoms with Crippen molar-refractivity contribution in [2.75, 3.05) is 13.1 Å². The minimum Gasteiger partial charge on any atom is -0.349 e. The molecule has 1 aliphatic heterocycles. The quantitative estimate of drug-likeness (QED) is 0.721. The lowest BCUT2D eigenvalue weighted by Crippen LogP contribution is -2.40. The molecule has 2 aromatic heterocycles. The van der Waals surface area contributed by atoms with Crippen molar-refractivity contribution in [2.45, 2.75) is 32.4 Å². The number of aryl methyl sites for hydroxylation is 1. The number of aromatic amines is 1. The van der Waals surface area contributed by atoms with Gasteiger partial charge in [0.1, 0.15) is 17.5 Å². The Morgan fingerprint density at radius 2 is 2.30 bits per heavy atom. The molecule has 1 aromatic carbocycles. The molecule has 27 heavy (non-hydrogen) atoms. The molecule has 7 nitrogen and oxygen atoms in total. The van der Waals surface area contributed by atoms with E-state index in [9.17, 15) is 9.59 Å². The third-order valence-corrected chi connectivity index (χ3v) is 5.17. The number of hydrogen-bond acceptors (Lipinski definition) is 4. The van der Waals surface area contributed by atoms with Gasteiger partial charge < -0.3 is 10.3 Å². The van der Waals surface area contributed by atoms with E-state index in [1.165, 1.54) is 34.2 Å². The predicted molar refractivity (Wildman–Crippen MR) is 103 cm³/mol. The lowest BCUT2D eigenvalue weighted by atomic mass is 10.1. The number of fused-ring (bicyclic) bond motifs is 1. The SMILES string of the molecule is Cc1cccc(CN2CCCC2CNC(=O)c2c[nH]c(=O)c3cncn23)c1. The highest BCUT2D eigenvalue weighted by molar-refractivity contribution is 5.92. The van der Waals surface area contributed by atoms with Gasteiger partial charge in [0.05, 0.1) is 6.20 Å². The number of nitrogens with one attached hydrogen (secondary N) is 2. The summed E-state index contributed by atoms with van der Waals surface area (Å²) in [6, 6.07) is 8.87. The van der Waals surface area contributed by atoms with E-state index in [0.717, 1.165) is 25.9 Å². The van der Waals surface area contributed by atoms with Crippen LogP contribution in [0.4, 0.5) is 0 Å². The van der Waals surface area contributed by atoms with Gasteiger partial charge in [0, 0.05) is 25.3 Å². The second-order valence-electron chi connectivity index (χ2n) is 7.12. The molecular formula is C20H23N5O2. The van der Waals surface area contributed by atoms with Gasteiger partial charge >= 0.3 is 0 Å². The number of H-pyrrole nitrogens is 1. The minimum absolute atomic E-state index is 0.211. The molecular weight excluding hydrogens is 342 g/mol. The number of carbonyl (C=O) groups excluding carboxylic acids is 1. The highest BCUT2D eigenvalue weighted by atomic mass is 16.2. The zero-order valence-electron chi connectivity index (χ0n) is 15.3. The molecule has 3 heterocycles. The fourth-order valence-corrected chi connectivity index (χ4v) is 3.79. The molecule has 0 aliphatic carbocycles. The van der Waals surface area contributed by atoms with Crippen LogP contribution in [0, 0.1) is 6.92 Å². The lowest BCUT2D eigenvalue weighted by molar-refractivity contribution is 0.0933. The summed E-state index contributed by atoms with van der Waals surface area (Å²) in [5, 5.41) is 3.02. The van der Waals surface area contributed by atoms with Gasteiger partial charge in [0.2, 0.25) is 0 Å². The van der Waals surface area contributed by atoms with E-state index < -0.39 is 0 Å². The molecule has 0 radical (unpaired) electrons. The van der Waals surface area contributed by atoms with E-state index in [4.69, 9.17) is 0 Å². The van der Waals surface area contributed by atoms with Gasteiger partial charge in [-0.05, 0) is 31.9 Å². The zero-order valence-corrected chi connectivity index (χ0v) is 15.3. The third-order valence-electron chi connectivity index (χ3n) is 5.17. The summed E-state index contributed by atoms with van der Waals surface area (Å²) in [6.07, 6.45) is 6.58. The van der Waals surface area contributed by atoms with Gasteiger partial charge in [-0.15, -0.1) is 0 Å². The monoisotopic (exact) mass is 365 g/mol. The van der Waals surface area contributed by atoms with Crippen molar-refractivity contribution >= 4 is 11.4 Å². The smallest absolute Gasteiger partial charge is 0.273 e. The van der Waals surface area contributed by atoms with Gasteiger partial charge in [0.25, 0.3) is 11.5 Å². The van der Waals surface area contributed by atoms with Gasteiger partial charge in [-0.25, -0.2) is 4.98 Å². The number of amides is 1. The van der Waals surface area contributed by atoms with Gasteiger partial charge in [0.15, 0.2) is 0 Å². The van der Waals surface area contributed by atoms with Crippen LogP contribution in [-0.4, -0.2) is 44.3 Å². The van der Waals surface area contributed by atoms with E-state index in [1.807, 2.05) is 0 Å². The van der Waals surface area contributed by atoms with Crippen LogP contribution in [-0.2, 0) is 6.54 Å². The highest BCUT2D eigenvalue weighted by Crippen LogP contribution is 2.20. The molecule has 1 fully saturated rings. The molecule has 4 rings (SSSR count). The van der Waals surface area contributed by atoms with E-state index in [-0.39, 0.29) is 11.5 Å². The Morgan fingerprint density at radius 3 is 3.15 bits per heavy atom. The number of imidazole rings is 1. The fourth-order valence-electron chi connectivity index (χ4n) is 3.79. The van der Waals surface area contributed by atoms with Gasteiger partial charge in [-0.1, -0.05) is 29.8 Å². The second-order valence-corrected chi connectivity index (χ2v) is 7.12. The van der Waals surface area contributed by atoms with E-state index >= 15 is 0 Å². The maximum Gasteiger partial charge on any atom is 0.273 e. The predicted octanol–water partition coefficient (Wildman–Crippen LogP) is 1.73. The number of aromatic nitrogens is 3. The van der Waals surface area contributed by atoms with Crippen molar-refractivity contribution in [3.05, 3.63) is 70.2 Å². The van der Waals surface area contributed by atoms with Crippen LogP contribution in [0.3, 0.4) is 0 Å². The average Bonchev–Trinajstić information content (AvgIpc) is 3.30. The van der Waals surface area contributed by atoms with Crippen LogP contribution in [0.15, 0.2) is 47.8 Å². The first-order chi connectivity index (χ1) is 13.1. The molecule has 3 aromatic rings. The first kappa shape index (κ1) is 17.5. The Bertz CT molecular complexity index is 1020. The summed E-state index contributed by atoms with van der Waals surface area (Å²) in [6.45, 7) is 4.62. The molecule has 140 valence electrons. The Hall–Kier alpha value is -2.93. The average molecular weight is 365 g/mol. The standard InChI is InChI=1S/C20H23N5O2/c1-14-4-2-5-15(8-14)12-24-7-3-6-16(24)9-22-20(27)18-11-23-19(26)17-10-21-13-25(17)18/h2,4-5,8,10-11,13,16H,3,6-7,9,12H2,1H3,(H,22,27)(H,23,26). The Balaban J connectivity index is 1.42. The molecule has 1 atom stereocenters. The molecule has 1 unspecified atom stereocenters. The lowest BCUT2D eigenvalue weighted by Gasteiger charge is -2.25. The molecule has 1 aliphatic rings. The maximum atomic E-state index is 12.6. The normalized spacial score (nSPS) is 17.4. The van der Waals surface area contributed by atoms with E-state index in [2.05, 4.69) is 51.4 Å². The topological polar surface area (TPSA) is 82.5 Å². The largest absolute Gasteiger partial charge is 0.349 e. The molecule has 1 amide bonds. The molecule has 0 bridgehead atoms. The van der Waals surface area contributed by atoms with E-state index in [1.54, 1.807) is 0 Å². The summed E-state index contributed by atoms with van der Waals surface area (Å²) in [7, 11) is 0. The molecule has 1 saturated heterocycles. The minimum atomic E-state index is -0.260. The number of nitrogens with zero attached hydrogens (tertiary/aromatic N) is 3. The van der Waals surface area contributed by atoms with Crippen LogP contribution in [0.2, 0.25) is 0 Å². The zero-order chi connectivity index (χ0) is 18.8. The maximum absolute atomic E-state index is 12.6. The fraction of sp³-hybridized carbons (Fsp3) is 0.350. The molecule has 0 spiro atoms. The molecule has 2 N–H and O–H groups in total. The summed E-state index contributed by atoms with van der Waals surface area (Å²) in [5.74, 6) is -0.211. The Labute approximate surface area is 157 Å².